The Morgan fingerprint density at radius 3 is 1.44 bits per heavy atom. The van der Waals surface area contributed by atoms with Crippen LogP contribution in [0.5, 0.6) is 0 Å². The molecule has 5 heteroatoms. The Kier molecular flexibility index (Phi) is 38.7. The van der Waals surface area contributed by atoms with Crippen molar-refractivity contribution < 1.29 is 23.7 Å². The van der Waals surface area contributed by atoms with Crippen LogP contribution in [0.1, 0.15) is 154 Å². The molecule has 0 aromatic heterocycles. The van der Waals surface area contributed by atoms with Crippen LogP contribution in [0.25, 0.3) is 0 Å². The van der Waals surface area contributed by atoms with E-state index in [0.29, 0.717) is 12.5 Å². The van der Waals surface area contributed by atoms with Crippen LogP contribution in [0.4, 0.5) is 0 Å². The Morgan fingerprint density at radius 1 is 0.644 bits per heavy atom. The van der Waals surface area contributed by atoms with E-state index in [1.807, 2.05) is 13.8 Å². The number of ether oxygens (including phenoxy) is 4. The fourth-order valence-electron chi connectivity index (χ4n) is 3.16. The molecule has 0 saturated heterocycles. The molecular weight excluding hydrogens is 560 g/mol. The molecule has 266 valence electrons. The monoisotopic (exact) mass is 637 g/mol. The molecule has 0 aromatic rings. The van der Waals surface area contributed by atoms with Gasteiger partial charge in [0.1, 0.15) is 5.78 Å². The van der Waals surface area contributed by atoms with Gasteiger partial charge >= 0.3 is 0 Å². The lowest BCUT2D eigenvalue weighted by Gasteiger charge is -2.25. The number of Topliss-reactive ketones (excluding diaryl/α,β-unsaturated/α-hetero) is 1. The van der Waals surface area contributed by atoms with Crippen LogP contribution in [0.15, 0.2) is 58.4 Å². The first-order valence-electron chi connectivity index (χ1n) is 17.1. The van der Waals surface area contributed by atoms with E-state index >= 15 is 0 Å². The van der Waals surface area contributed by atoms with Gasteiger partial charge in [-0.2, -0.15) is 0 Å². The van der Waals surface area contributed by atoms with Gasteiger partial charge in [-0.3, -0.25) is 0 Å². The third-order valence-electron chi connectivity index (χ3n) is 7.84. The van der Waals surface area contributed by atoms with Gasteiger partial charge in [0, 0.05) is 34.2 Å². The van der Waals surface area contributed by atoms with E-state index in [0.717, 1.165) is 63.5 Å². The number of ketones is 1. The first-order chi connectivity index (χ1) is 21.1. The lowest BCUT2D eigenvalue weighted by Crippen LogP contribution is -2.29. The van der Waals surface area contributed by atoms with Crippen molar-refractivity contribution in [2.24, 2.45) is 0 Å². The van der Waals surface area contributed by atoms with E-state index in [1.54, 1.807) is 35.4 Å². The summed E-state index contributed by atoms with van der Waals surface area (Å²) in [6.07, 6.45) is 22.7. The first-order valence-corrected chi connectivity index (χ1v) is 17.1. The lowest BCUT2D eigenvalue weighted by molar-refractivity contribution is -0.196. The van der Waals surface area contributed by atoms with Crippen molar-refractivity contribution in [1.82, 2.24) is 0 Å². The van der Waals surface area contributed by atoms with Crippen LogP contribution >= 0.6 is 0 Å². The van der Waals surface area contributed by atoms with Gasteiger partial charge in [0.2, 0.25) is 0 Å². The molecule has 5 nitrogen and oxygen atoms in total. The SMILES string of the molecule is CC/C(C)=C/C/C=C(\C)OC.CC/C(C)=C/CCC(C)(OC)OC.CC/C(C)=C/CCC(C)=O.CC/C(C)=C/CCC(C)OC. The van der Waals surface area contributed by atoms with E-state index in [4.69, 9.17) is 18.9 Å². The van der Waals surface area contributed by atoms with Crippen molar-refractivity contribution in [2.45, 2.75) is 166 Å². The van der Waals surface area contributed by atoms with Crippen LogP contribution in [0.2, 0.25) is 0 Å². The standard InChI is InChI=1S/C11H22O2.C10H20O.C10H18O.C9H16O/c1-6-10(2)8-7-9-11(3,12-4)13-5;2*1-5-9(2)7-6-8-10(3)11-4;1-4-8(2)6-5-7-9(3)10/h8H,6-7,9H2,1-5H3;7,10H,5-6,8H2,1-4H3;7-8H,5-6H2,1-4H3;6H,4-5,7H2,1-3H3/b10-8+;9-7+;9-7+,10-8+;8-6+. The Hall–Kier alpha value is -1.95. The Labute approximate surface area is 281 Å². The second-order valence-electron chi connectivity index (χ2n) is 11.8. The fourth-order valence-corrected chi connectivity index (χ4v) is 3.16. The minimum absolute atomic E-state index is 0.278. The highest BCUT2D eigenvalue weighted by Crippen LogP contribution is 2.18. The summed E-state index contributed by atoms with van der Waals surface area (Å²) >= 11 is 0. The maximum Gasteiger partial charge on any atom is 0.165 e. The van der Waals surface area contributed by atoms with Gasteiger partial charge < -0.3 is 23.7 Å². The fraction of sp³-hybridized carbons (Fsp3) is 0.725. The molecule has 0 N–H and O–H groups in total. The summed E-state index contributed by atoms with van der Waals surface area (Å²) in [6.45, 7) is 24.9. The second-order valence-corrected chi connectivity index (χ2v) is 11.8. The third-order valence-corrected chi connectivity index (χ3v) is 7.84. The van der Waals surface area contributed by atoms with Crippen molar-refractivity contribution in [3.05, 3.63) is 58.4 Å². The zero-order chi connectivity index (χ0) is 35.7. The maximum atomic E-state index is 10.5. The molecule has 0 saturated carbocycles. The zero-order valence-electron chi connectivity index (χ0n) is 32.8. The van der Waals surface area contributed by atoms with Crippen LogP contribution < -0.4 is 0 Å². The lowest BCUT2D eigenvalue weighted by atomic mass is 10.1. The zero-order valence-corrected chi connectivity index (χ0v) is 32.8. The van der Waals surface area contributed by atoms with Crippen LogP contribution in [0.3, 0.4) is 0 Å². The summed E-state index contributed by atoms with van der Waals surface area (Å²) < 4.78 is 20.6. The molecule has 0 amide bonds. The van der Waals surface area contributed by atoms with Gasteiger partial charge in [0.15, 0.2) is 5.79 Å². The molecule has 0 radical (unpaired) electrons. The quantitative estimate of drug-likeness (QED) is 0.0802. The minimum atomic E-state index is -0.426. The molecule has 0 rings (SSSR count). The van der Waals surface area contributed by atoms with Crippen LogP contribution in [-0.4, -0.2) is 46.1 Å². The Balaban J connectivity index is -0.000000250. The summed E-state index contributed by atoms with van der Waals surface area (Å²) in [4.78, 5) is 10.5. The summed E-state index contributed by atoms with van der Waals surface area (Å²) in [6, 6.07) is 0. The first kappa shape index (κ1) is 49.9. The molecule has 1 atom stereocenters. The van der Waals surface area contributed by atoms with Crippen molar-refractivity contribution >= 4 is 5.78 Å². The van der Waals surface area contributed by atoms with E-state index in [9.17, 15) is 4.79 Å². The molecule has 0 aliphatic carbocycles. The van der Waals surface area contributed by atoms with Gasteiger partial charge in [0.25, 0.3) is 0 Å². The molecule has 0 spiro atoms. The smallest absolute Gasteiger partial charge is 0.165 e. The average Bonchev–Trinajstić information content (AvgIpc) is 3.04. The van der Waals surface area contributed by atoms with Gasteiger partial charge in [-0.25, -0.2) is 0 Å². The predicted octanol–water partition coefficient (Wildman–Crippen LogP) is 12.3. The normalized spacial score (nSPS) is 13.5. The number of carbonyl (C=O) groups is 1. The third kappa shape index (κ3) is 40.0. The number of methoxy groups -OCH3 is 4. The van der Waals surface area contributed by atoms with Gasteiger partial charge in [-0.1, -0.05) is 74.3 Å². The van der Waals surface area contributed by atoms with E-state index in [2.05, 4.69) is 92.7 Å². The molecule has 0 aliphatic heterocycles. The highest BCUT2D eigenvalue weighted by Gasteiger charge is 2.20. The largest absolute Gasteiger partial charge is 0.502 e. The van der Waals surface area contributed by atoms with Gasteiger partial charge in [-0.15, -0.1) is 0 Å². The molecule has 0 bridgehead atoms. The van der Waals surface area contributed by atoms with Gasteiger partial charge in [0.05, 0.1) is 19.0 Å². The summed E-state index contributed by atoms with van der Waals surface area (Å²) in [5.41, 5.74) is 5.72. The number of carbonyl (C=O) groups excluding carboxylic acids is 1. The maximum absolute atomic E-state index is 10.5. The molecule has 0 heterocycles. The van der Waals surface area contributed by atoms with Crippen molar-refractivity contribution in [3.63, 3.8) is 0 Å². The van der Waals surface area contributed by atoms with Crippen molar-refractivity contribution in [1.29, 1.82) is 0 Å². The molecule has 1 unspecified atom stereocenters. The van der Waals surface area contributed by atoms with E-state index in [1.165, 1.54) is 28.7 Å². The predicted molar refractivity (Wildman–Crippen MR) is 199 cm³/mol. The van der Waals surface area contributed by atoms with E-state index < -0.39 is 5.79 Å². The molecule has 0 fully saturated rings. The topological polar surface area (TPSA) is 54.0 Å². The van der Waals surface area contributed by atoms with Crippen molar-refractivity contribution in [2.75, 3.05) is 28.4 Å². The second kappa shape index (κ2) is 34.9. The van der Waals surface area contributed by atoms with E-state index in [-0.39, 0.29) is 5.78 Å². The average molecular weight is 637 g/mol. The number of hydrogen-bond donors (Lipinski definition) is 0. The summed E-state index contributed by atoms with van der Waals surface area (Å²) in [7, 11) is 6.82. The van der Waals surface area contributed by atoms with Crippen LogP contribution in [-0.2, 0) is 23.7 Å². The minimum Gasteiger partial charge on any atom is -0.502 e. The Bertz CT molecular complexity index is 823. The molecular formula is C40H76O5. The van der Waals surface area contributed by atoms with Crippen LogP contribution in [0, 0.1) is 0 Å². The van der Waals surface area contributed by atoms with Crippen molar-refractivity contribution in [3.8, 4) is 0 Å². The molecule has 0 aromatic carbocycles. The number of rotatable bonds is 19. The van der Waals surface area contributed by atoms with Gasteiger partial charge in [-0.05, 0) is 119 Å². The number of hydrogen-bond acceptors (Lipinski definition) is 5. The highest BCUT2D eigenvalue weighted by atomic mass is 16.7. The summed E-state index contributed by atoms with van der Waals surface area (Å²) in [5.74, 6) is 0.843. The highest BCUT2D eigenvalue weighted by molar-refractivity contribution is 5.75. The Morgan fingerprint density at radius 2 is 1.07 bits per heavy atom. The summed E-state index contributed by atoms with van der Waals surface area (Å²) in [5, 5.41) is 0. The molecule has 0 aliphatic rings. The molecule has 45 heavy (non-hydrogen) atoms. The number of allylic oxidation sites excluding steroid dienone is 10.